The van der Waals surface area contributed by atoms with E-state index in [0.717, 1.165) is 40.8 Å². The number of aromatic nitrogens is 1. The van der Waals surface area contributed by atoms with Crippen LogP contribution >= 0.6 is 11.3 Å². The Morgan fingerprint density at radius 1 is 1.26 bits per heavy atom. The van der Waals surface area contributed by atoms with Crippen molar-refractivity contribution in [1.29, 1.82) is 0 Å². The SMILES string of the molecule is O=C(Nc1nc2c(s1)CN(C(=O)c1cc3ccccc3o1)CC2)C1CCC1. The number of nitrogens with zero attached hydrogens (tertiary/aromatic N) is 2. The smallest absolute Gasteiger partial charge is 0.289 e. The molecule has 1 aromatic carbocycles. The van der Waals surface area contributed by atoms with Gasteiger partial charge in [0.1, 0.15) is 5.58 Å². The van der Waals surface area contributed by atoms with E-state index >= 15 is 0 Å². The zero-order valence-electron chi connectivity index (χ0n) is 14.7. The molecule has 27 heavy (non-hydrogen) atoms. The van der Waals surface area contributed by atoms with Crippen LogP contribution < -0.4 is 5.32 Å². The van der Waals surface area contributed by atoms with Crippen molar-refractivity contribution in [1.82, 2.24) is 9.88 Å². The number of para-hydroxylation sites is 1. The Morgan fingerprint density at radius 2 is 2.11 bits per heavy atom. The fourth-order valence-corrected chi connectivity index (χ4v) is 4.57. The minimum atomic E-state index is -0.106. The number of anilines is 1. The van der Waals surface area contributed by atoms with Crippen molar-refractivity contribution in [3.05, 3.63) is 46.7 Å². The Labute approximate surface area is 160 Å². The van der Waals surface area contributed by atoms with Gasteiger partial charge in [-0.15, -0.1) is 0 Å². The molecule has 3 heterocycles. The van der Waals surface area contributed by atoms with Gasteiger partial charge in [-0.1, -0.05) is 36.0 Å². The molecule has 1 aliphatic carbocycles. The van der Waals surface area contributed by atoms with Crippen LogP contribution in [-0.4, -0.2) is 28.2 Å². The second-order valence-electron chi connectivity index (χ2n) is 7.13. The number of benzene rings is 1. The summed E-state index contributed by atoms with van der Waals surface area (Å²) in [6.07, 6.45) is 3.76. The molecule has 0 spiro atoms. The first-order chi connectivity index (χ1) is 13.2. The molecule has 6 nitrogen and oxygen atoms in total. The Balaban J connectivity index is 1.31. The van der Waals surface area contributed by atoms with Crippen LogP contribution in [-0.2, 0) is 17.8 Å². The minimum absolute atomic E-state index is 0.0718. The Morgan fingerprint density at radius 3 is 2.89 bits per heavy atom. The van der Waals surface area contributed by atoms with E-state index in [0.29, 0.717) is 30.4 Å². The molecule has 1 aliphatic heterocycles. The maximum absolute atomic E-state index is 12.8. The van der Waals surface area contributed by atoms with Crippen molar-refractivity contribution in [2.45, 2.75) is 32.2 Å². The van der Waals surface area contributed by atoms with Gasteiger partial charge < -0.3 is 14.6 Å². The normalized spacial score (nSPS) is 16.8. The van der Waals surface area contributed by atoms with Crippen LogP contribution in [0, 0.1) is 5.92 Å². The van der Waals surface area contributed by atoms with Crippen LogP contribution in [0.4, 0.5) is 5.13 Å². The number of rotatable bonds is 3. The monoisotopic (exact) mass is 381 g/mol. The van der Waals surface area contributed by atoms with Crippen molar-refractivity contribution in [3.63, 3.8) is 0 Å². The van der Waals surface area contributed by atoms with Crippen molar-refractivity contribution in [3.8, 4) is 0 Å². The highest BCUT2D eigenvalue weighted by Crippen LogP contribution is 2.32. The van der Waals surface area contributed by atoms with Crippen molar-refractivity contribution < 1.29 is 14.0 Å². The maximum Gasteiger partial charge on any atom is 0.289 e. The quantitative estimate of drug-likeness (QED) is 0.748. The van der Waals surface area contributed by atoms with E-state index in [1.807, 2.05) is 24.3 Å². The molecule has 0 radical (unpaired) electrons. The van der Waals surface area contributed by atoms with Crippen LogP contribution in [0.3, 0.4) is 0 Å². The first kappa shape index (κ1) is 16.5. The van der Waals surface area contributed by atoms with Gasteiger partial charge in [0.05, 0.1) is 12.2 Å². The molecule has 1 fully saturated rings. The van der Waals surface area contributed by atoms with E-state index in [9.17, 15) is 9.59 Å². The summed E-state index contributed by atoms with van der Waals surface area (Å²) in [7, 11) is 0. The summed E-state index contributed by atoms with van der Waals surface area (Å²) in [6, 6.07) is 9.41. The number of fused-ring (bicyclic) bond motifs is 2. The third-order valence-corrected chi connectivity index (χ3v) is 6.36. The topological polar surface area (TPSA) is 75.4 Å². The summed E-state index contributed by atoms with van der Waals surface area (Å²) in [4.78, 5) is 32.4. The third kappa shape index (κ3) is 3.02. The molecule has 0 unspecified atom stereocenters. The largest absolute Gasteiger partial charge is 0.451 e. The van der Waals surface area contributed by atoms with Gasteiger partial charge >= 0.3 is 0 Å². The lowest BCUT2D eigenvalue weighted by Gasteiger charge is -2.25. The van der Waals surface area contributed by atoms with Gasteiger partial charge in [0.2, 0.25) is 5.91 Å². The number of hydrogen-bond acceptors (Lipinski definition) is 5. The highest BCUT2D eigenvalue weighted by Gasteiger charge is 2.29. The first-order valence-electron chi connectivity index (χ1n) is 9.24. The van der Waals surface area contributed by atoms with E-state index in [1.165, 1.54) is 11.3 Å². The zero-order valence-corrected chi connectivity index (χ0v) is 15.6. The van der Waals surface area contributed by atoms with Gasteiger partial charge in [-0.05, 0) is 25.0 Å². The molecule has 2 aliphatic rings. The summed E-state index contributed by atoms with van der Waals surface area (Å²) in [5.41, 5.74) is 1.70. The molecular weight excluding hydrogens is 362 g/mol. The Bertz CT molecular complexity index is 1000. The van der Waals surface area contributed by atoms with E-state index in [1.54, 1.807) is 11.0 Å². The molecule has 138 valence electrons. The van der Waals surface area contributed by atoms with Crippen molar-refractivity contribution >= 4 is 39.3 Å². The van der Waals surface area contributed by atoms with Crippen molar-refractivity contribution in [2.24, 2.45) is 5.92 Å². The molecule has 0 atom stereocenters. The molecule has 2 aromatic heterocycles. The average molecular weight is 381 g/mol. The summed E-state index contributed by atoms with van der Waals surface area (Å²) in [6.45, 7) is 1.10. The molecule has 0 saturated heterocycles. The summed E-state index contributed by atoms with van der Waals surface area (Å²) >= 11 is 1.47. The van der Waals surface area contributed by atoms with Gasteiger partial charge in [0, 0.05) is 29.1 Å². The van der Waals surface area contributed by atoms with Gasteiger partial charge in [-0.3, -0.25) is 9.59 Å². The lowest BCUT2D eigenvalue weighted by molar-refractivity contribution is -0.122. The average Bonchev–Trinajstić information content (AvgIpc) is 3.21. The van der Waals surface area contributed by atoms with Crippen LogP contribution in [0.2, 0.25) is 0 Å². The minimum Gasteiger partial charge on any atom is -0.451 e. The maximum atomic E-state index is 12.8. The lowest BCUT2D eigenvalue weighted by Crippen LogP contribution is -2.35. The summed E-state index contributed by atoms with van der Waals surface area (Å²) in [5.74, 6) is 0.465. The van der Waals surface area contributed by atoms with Gasteiger partial charge in [-0.2, -0.15) is 0 Å². The summed E-state index contributed by atoms with van der Waals surface area (Å²) in [5, 5.41) is 4.52. The fraction of sp³-hybridized carbons (Fsp3) is 0.350. The molecule has 0 bridgehead atoms. The summed E-state index contributed by atoms with van der Waals surface area (Å²) < 4.78 is 5.71. The van der Waals surface area contributed by atoms with Gasteiger partial charge in [0.25, 0.3) is 5.91 Å². The fourth-order valence-electron chi connectivity index (χ4n) is 3.54. The highest BCUT2D eigenvalue weighted by atomic mass is 32.1. The standard InChI is InChI=1S/C20H19N3O3S/c24-18(12-5-3-6-12)22-20-21-14-8-9-23(11-17(14)27-20)19(25)16-10-13-4-1-2-7-15(13)26-16/h1-2,4,7,10,12H,3,5-6,8-9,11H2,(H,21,22,24). The number of carbonyl (C=O) groups is 2. The second kappa shape index (κ2) is 6.49. The van der Waals surface area contributed by atoms with Gasteiger partial charge in [0.15, 0.2) is 10.9 Å². The van der Waals surface area contributed by atoms with Crippen LogP contribution in [0.1, 0.15) is 40.4 Å². The lowest BCUT2D eigenvalue weighted by atomic mass is 9.85. The van der Waals surface area contributed by atoms with E-state index in [-0.39, 0.29) is 17.7 Å². The molecule has 1 N–H and O–H groups in total. The van der Waals surface area contributed by atoms with Crippen LogP contribution in [0.25, 0.3) is 11.0 Å². The van der Waals surface area contributed by atoms with Crippen LogP contribution in [0.5, 0.6) is 0 Å². The predicted molar refractivity (Wildman–Crippen MR) is 103 cm³/mol. The van der Waals surface area contributed by atoms with Crippen LogP contribution in [0.15, 0.2) is 34.7 Å². The predicted octanol–water partition coefficient (Wildman–Crippen LogP) is 3.83. The number of thiazole rings is 1. The number of amides is 2. The van der Waals surface area contributed by atoms with Crippen molar-refractivity contribution in [2.75, 3.05) is 11.9 Å². The number of carbonyl (C=O) groups excluding carboxylic acids is 2. The van der Waals surface area contributed by atoms with E-state index in [2.05, 4.69) is 10.3 Å². The molecular formula is C20H19N3O3S. The number of hydrogen-bond donors (Lipinski definition) is 1. The number of furan rings is 1. The second-order valence-corrected chi connectivity index (χ2v) is 8.21. The van der Waals surface area contributed by atoms with E-state index in [4.69, 9.17) is 4.42 Å². The van der Waals surface area contributed by atoms with E-state index < -0.39 is 0 Å². The molecule has 2 amide bonds. The highest BCUT2D eigenvalue weighted by molar-refractivity contribution is 7.15. The Hall–Kier alpha value is -2.67. The van der Waals surface area contributed by atoms with Gasteiger partial charge in [-0.25, -0.2) is 4.98 Å². The first-order valence-corrected chi connectivity index (χ1v) is 10.1. The Kier molecular flexibility index (Phi) is 3.97. The molecule has 5 rings (SSSR count). The number of nitrogens with one attached hydrogen (secondary N) is 1. The molecule has 1 saturated carbocycles. The third-order valence-electron chi connectivity index (χ3n) is 5.36. The molecule has 3 aromatic rings. The zero-order chi connectivity index (χ0) is 18.4. The molecule has 7 heteroatoms.